The van der Waals surface area contributed by atoms with Gasteiger partial charge in [0.05, 0.1) is 5.56 Å². The average Bonchev–Trinajstić information content (AvgIpc) is 2.54. The van der Waals surface area contributed by atoms with E-state index in [0.29, 0.717) is 17.1 Å². The molecule has 1 aromatic heterocycles. The van der Waals surface area contributed by atoms with E-state index in [4.69, 9.17) is 11.6 Å². The van der Waals surface area contributed by atoms with Gasteiger partial charge in [0.2, 0.25) is 0 Å². The predicted molar refractivity (Wildman–Crippen MR) is 87.2 cm³/mol. The quantitative estimate of drug-likeness (QED) is 0.476. The highest BCUT2D eigenvalue weighted by Gasteiger charge is 2.29. The zero-order chi connectivity index (χ0) is 18.0. The van der Waals surface area contributed by atoms with E-state index in [-0.39, 0.29) is 11.0 Å². The van der Waals surface area contributed by atoms with E-state index in [9.17, 15) is 17.6 Å². The summed E-state index contributed by atoms with van der Waals surface area (Å²) in [5.41, 5.74) is 0.220. The van der Waals surface area contributed by atoms with Crippen LogP contribution >= 0.6 is 11.6 Å². The van der Waals surface area contributed by atoms with Crippen molar-refractivity contribution >= 4 is 23.1 Å². The molecule has 0 amide bonds. The van der Waals surface area contributed by atoms with Gasteiger partial charge in [0.25, 0.3) is 0 Å². The molecule has 0 radical (unpaired) electrons. The lowest BCUT2D eigenvalue weighted by Crippen LogP contribution is -2.04. The number of nitrogens with zero attached hydrogens (tertiary/aromatic N) is 2. The first-order valence-corrected chi connectivity index (χ1v) is 7.44. The van der Waals surface area contributed by atoms with Gasteiger partial charge >= 0.3 is 6.18 Å². The van der Waals surface area contributed by atoms with E-state index in [0.717, 1.165) is 12.1 Å². The molecule has 1 heterocycles. The molecule has 3 rings (SSSR count). The Labute approximate surface area is 145 Å². The Kier molecular flexibility index (Phi) is 4.59. The van der Waals surface area contributed by atoms with Crippen LogP contribution in [0.15, 0.2) is 54.6 Å². The first-order valence-electron chi connectivity index (χ1n) is 7.06. The normalized spacial score (nSPS) is 11.4. The van der Waals surface area contributed by atoms with Gasteiger partial charge in [0.15, 0.2) is 5.82 Å². The summed E-state index contributed by atoms with van der Waals surface area (Å²) in [6, 6.07) is 11.5. The number of benzene rings is 2. The van der Waals surface area contributed by atoms with Crippen molar-refractivity contribution in [3.63, 3.8) is 0 Å². The molecule has 0 saturated heterocycles. The maximum atomic E-state index is 13.0. The summed E-state index contributed by atoms with van der Waals surface area (Å²) in [4.78, 5) is 8.31. The average molecular weight is 368 g/mol. The fraction of sp³-hybridized carbons (Fsp3) is 0.0588. The Hall–Kier alpha value is -2.67. The minimum Gasteiger partial charge on any atom is -0.340 e. The Morgan fingerprint density at radius 3 is 2.12 bits per heavy atom. The number of hydrogen-bond acceptors (Lipinski definition) is 3. The second-order valence-corrected chi connectivity index (χ2v) is 5.49. The SMILES string of the molecule is Fc1ccc(-c2nc(Cl)cc(Nc3ccc(C(F)(F)F)cc3)n2)cc1. The maximum absolute atomic E-state index is 13.0. The molecule has 0 spiro atoms. The number of rotatable bonds is 3. The molecule has 3 aromatic rings. The van der Waals surface area contributed by atoms with E-state index in [1.54, 1.807) is 0 Å². The van der Waals surface area contributed by atoms with Gasteiger partial charge in [0.1, 0.15) is 16.8 Å². The summed E-state index contributed by atoms with van der Waals surface area (Å²) < 4.78 is 50.8. The summed E-state index contributed by atoms with van der Waals surface area (Å²) in [6.45, 7) is 0. The third-order valence-corrected chi connectivity index (χ3v) is 3.48. The number of nitrogens with one attached hydrogen (secondary N) is 1. The Morgan fingerprint density at radius 2 is 1.52 bits per heavy atom. The fourth-order valence-corrected chi connectivity index (χ4v) is 2.28. The first kappa shape index (κ1) is 17.2. The molecule has 3 nitrogen and oxygen atoms in total. The minimum absolute atomic E-state index is 0.142. The molecule has 0 unspecified atom stereocenters. The Balaban J connectivity index is 1.87. The highest BCUT2D eigenvalue weighted by atomic mass is 35.5. The first-order chi connectivity index (χ1) is 11.8. The molecule has 0 aliphatic rings. The van der Waals surface area contributed by atoms with E-state index < -0.39 is 17.6 Å². The lowest BCUT2D eigenvalue weighted by molar-refractivity contribution is -0.137. The standard InChI is InChI=1S/C17H10ClF4N3/c18-14-9-15(23-13-7-3-11(4-8-13)17(20,21)22)25-16(24-14)10-1-5-12(19)6-2-10/h1-9H,(H,23,24,25). The van der Waals surface area contributed by atoms with Crippen molar-refractivity contribution in [2.24, 2.45) is 0 Å². The van der Waals surface area contributed by atoms with Crippen LogP contribution in [0, 0.1) is 5.82 Å². The van der Waals surface area contributed by atoms with Crippen LogP contribution in [0.3, 0.4) is 0 Å². The van der Waals surface area contributed by atoms with Crippen LogP contribution in [0.4, 0.5) is 29.1 Å². The Bertz CT molecular complexity index is 878. The molecule has 0 fully saturated rings. The second kappa shape index (κ2) is 6.68. The van der Waals surface area contributed by atoms with Gasteiger partial charge in [-0.15, -0.1) is 0 Å². The van der Waals surface area contributed by atoms with Crippen molar-refractivity contribution in [1.82, 2.24) is 9.97 Å². The number of alkyl halides is 3. The van der Waals surface area contributed by atoms with Crippen LogP contribution in [-0.4, -0.2) is 9.97 Å². The number of aromatic nitrogens is 2. The van der Waals surface area contributed by atoms with Crippen molar-refractivity contribution in [3.05, 3.63) is 71.1 Å². The molecule has 0 saturated carbocycles. The van der Waals surface area contributed by atoms with Crippen LogP contribution in [0.2, 0.25) is 5.15 Å². The third-order valence-electron chi connectivity index (χ3n) is 3.28. The molecule has 1 N–H and O–H groups in total. The fourth-order valence-electron chi connectivity index (χ4n) is 2.10. The van der Waals surface area contributed by atoms with Crippen molar-refractivity contribution in [3.8, 4) is 11.4 Å². The van der Waals surface area contributed by atoms with E-state index in [1.165, 1.54) is 42.5 Å². The van der Waals surface area contributed by atoms with Gasteiger partial charge in [-0.25, -0.2) is 14.4 Å². The van der Waals surface area contributed by atoms with Gasteiger partial charge in [-0.2, -0.15) is 13.2 Å². The number of anilines is 2. The van der Waals surface area contributed by atoms with Gasteiger partial charge in [0, 0.05) is 17.3 Å². The van der Waals surface area contributed by atoms with Gasteiger partial charge < -0.3 is 5.32 Å². The molecule has 0 aliphatic carbocycles. The molecule has 2 aromatic carbocycles. The number of hydrogen-bond donors (Lipinski definition) is 1. The monoisotopic (exact) mass is 367 g/mol. The maximum Gasteiger partial charge on any atom is 0.416 e. The molecule has 0 atom stereocenters. The molecule has 25 heavy (non-hydrogen) atoms. The largest absolute Gasteiger partial charge is 0.416 e. The molecule has 0 bridgehead atoms. The second-order valence-electron chi connectivity index (χ2n) is 5.11. The number of halogens is 5. The van der Waals surface area contributed by atoms with Crippen molar-refractivity contribution in [2.75, 3.05) is 5.32 Å². The topological polar surface area (TPSA) is 37.8 Å². The van der Waals surface area contributed by atoms with Crippen LogP contribution in [-0.2, 0) is 6.18 Å². The van der Waals surface area contributed by atoms with E-state index in [1.807, 2.05) is 0 Å². The van der Waals surface area contributed by atoms with Gasteiger partial charge in [-0.1, -0.05) is 11.6 Å². The van der Waals surface area contributed by atoms with Crippen molar-refractivity contribution in [2.45, 2.75) is 6.18 Å². The third kappa shape index (κ3) is 4.24. The summed E-state index contributed by atoms with van der Waals surface area (Å²) >= 11 is 5.97. The summed E-state index contributed by atoms with van der Waals surface area (Å²) in [5.74, 6) is 0.176. The van der Waals surface area contributed by atoms with Crippen molar-refractivity contribution < 1.29 is 17.6 Å². The molecular weight excluding hydrogens is 358 g/mol. The lowest BCUT2D eigenvalue weighted by atomic mass is 10.2. The highest BCUT2D eigenvalue weighted by molar-refractivity contribution is 6.29. The minimum atomic E-state index is -4.40. The predicted octanol–water partition coefficient (Wildman–Crippen LogP) is 5.70. The summed E-state index contributed by atoms with van der Waals surface area (Å²) in [7, 11) is 0. The van der Waals surface area contributed by atoms with Crippen molar-refractivity contribution in [1.29, 1.82) is 0 Å². The smallest absolute Gasteiger partial charge is 0.340 e. The lowest BCUT2D eigenvalue weighted by Gasteiger charge is -2.10. The van der Waals surface area contributed by atoms with Crippen LogP contribution < -0.4 is 5.32 Å². The molecular formula is C17H10ClF4N3. The van der Waals surface area contributed by atoms with Crippen LogP contribution in [0.1, 0.15) is 5.56 Å². The Morgan fingerprint density at radius 1 is 0.880 bits per heavy atom. The highest BCUT2D eigenvalue weighted by Crippen LogP contribution is 2.30. The molecule has 0 aliphatic heterocycles. The zero-order valence-corrected chi connectivity index (χ0v) is 13.2. The molecule has 8 heteroatoms. The van der Waals surface area contributed by atoms with E-state index >= 15 is 0 Å². The van der Waals surface area contributed by atoms with Crippen LogP contribution in [0.25, 0.3) is 11.4 Å². The van der Waals surface area contributed by atoms with Crippen LogP contribution in [0.5, 0.6) is 0 Å². The summed E-state index contributed by atoms with van der Waals surface area (Å²) in [6.07, 6.45) is -4.40. The zero-order valence-electron chi connectivity index (χ0n) is 12.5. The van der Waals surface area contributed by atoms with Gasteiger partial charge in [-0.3, -0.25) is 0 Å². The molecule has 128 valence electrons. The summed E-state index contributed by atoms with van der Waals surface area (Å²) in [5, 5.41) is 3.01. The van der Waals surface area contributed by atoms with E-state index in [2.05, 4.69) is 15.3 Å². The van der Waals surface area contributed by atoms with Gasteiger partial charge in [-0.05, 0) is 48.5 Å².